The Bertz CT molecular complexity index is 712. The number of aromatic hydroxyl groups is 1. The van der Waals surface area contributed by atoms with Crippen molar-refractivity contribution in [1.82, 2.24) is 5.32 Å². The zero-order valence-corrected chi connectivity index (χ0v) is 13.4. The Morgan fingerprint density at radius 2 is 2.09 bits per heavy atom. The summed E-state index contributed by atoms with van der Waals surface area (Å²) in [6, 6.07) is 13.5. The fraction of sp³-hybridized carbons (Fsp3) is 0.316. The molecule has 2 aromatic rings. The number of hydrogen-bond donors (Lipinski definition) is 2. The lowest BCUT2D eigenvalue weighted by Gasteiger charge is -2.19. The van der Waals surface area contributed by atoms with Gasteiger partial charge in [-0.15, -0.1) is 0 Å². The number of aryl methyl sites for hydroxylation is 1. The summed E-state index contributed by atoms with van der Waals surface area (Å²) in [6.07, 6.45) is 1.98. The van der Waals surface area contributed by atoms with Crippen LogP contribution in [0.1, 0.15) is 27.9 Å². The molecule has 0 bridgehead atoms. The van der Waals surface area contributed by atoms with Crippen molar-refractivity contribution in [3.8, 4) is 5.75 Å². The van der Waals surface area contributed by atoms with E-state index in [1.807, 2.05) is 6.92 Å². The summed E-state index contributed by atoms with van der Waals surface area (Å²) in [4.78, 5) is 14.5. The van der Waals surface area contributed by atoms with Gasteiger partial charge in [0.05, 0.1) is 5.56 Å². The maximum atomic E-state index is 12.1. The Balaban J connectivity index is 1.49. The number of para-hydroxylation sites is 1. The predicted octanol–water partition coefficient (Wildman–Crippen LogP) is 2.88. The third kappa shape index (κ3) is 3.47. The Kier molecular flexibility index (Phi) is 4.51. The second-order valence-corrected chi connectivity index (χ2v) is 6.00. The molecule has 2 aromatic carbocycles. The predicted molar refractivity (Wildman–Crippen MR) is 92.2 cm³/mol. The molecule has 0 atom stereocenters. The van der Waals surface area contributed by atoms with Gasteiger partial charge >= 0.3 is 0 Å². The molecule has 0 saturated heterocycles. The average molecular weight is 310 g/mol. The molecule has 1 amide bonds. The van der Waals surface area contributed by atoms with Crippen LogP contribution in [0.15, 0.2) is 42.5 Å². The molecule has 0 aliphatic carbocycles. The lowest BCUT2D eigenvalue weighted by Crippen LogP contribution is -2.29. The van der Waals surface area contributed by atoms with Crippen molar-refractivity contribution in [2.45, 2.75) is 19.8 Å². The average Bonchev–Trinajstić information content (AvgIpc) is 2.97. The van der Waals surface area contributed by atoms with E-state index in [1.54, 1.807) is 18.2 Å². The summed E-state index contributed by atoms with van der Waals surface area (Å²) in [7, 11) is 0. The number of rotatable bonds is 5. The number of hydrogen-bond acceptors (Lipinski definition) is 3. The Morgan fingerprint density at radius 1 is 1.26 bits per heavy atom. The first-order chi connectivity index (χ1) is 11.1. The molecule has 23 heavy (non-hydrogen) atoms. The highest BCUT2D eigenvalue weighted by molar-refractivity contribution is 5.96. The first-order valence-electron chi connectivity index (χ1n) is 8.06. The highest BCUT2D eigenvalue weighted by Gasteiger charge is 2.17. The summed E-state index contributed by atoms with van der Waals surface area (Å²) in [5.41, 5.74) is 4.02. The molecule has 0 radical (unpaired) electrons. The zero-order chi connectivity index (χ0) is 16.2. The number of amides is 1. The van der Waals surface area contributed by atoms with E-state index in [1.165, 1.54) is 11.3 Å². The van der Waals surface area contributed by atoms with Crippen molar-refractivity contribution in [1.29, 1.82) is 0 Å². The maximum absolute atomic E-state index is 12.1. The fourth-order valence-electron chi connectivity index (χ4n) is 3.04. The number of phenols is 1. The highest BCUT2D eigenvalue weighted by Crippen LogP contribution is 2.27. The summed E-state index contributed by atoms with van der Waals surface area (Å²) in [6.45, 7) is 4.48. The van der Waals surface area contributed by atoms with Crippen LogP contribution in [0.4, 0.5) is 5.69 Å². The number of benzene rings is 2. The summed E-state index contributed by atoms with van der Waals surface area (Å²) >= 11 is 0. The van der Waals surface area contributed by atoms with Crippen molar-refractivity contribution >= 4 is 11.6 Å². The zero-order valence-electron chi connectivity index (χ0n) is 13.4. The first-order valence-corrected chi connectivity index (χ1v) is 8.06. The first kappa shape index (κ1) is 15.4. The standard InChI is InChI=1S/C19H22N2O2/c1-14-7-8-18(22)16(13-14)19(23)20-10-4-11-21-12-9-15-5-2-3-6-17(15)21/h2-3,5-8,13,22H,4,9-12H2,1H3,(H,20,23). The van der Waals surface area contributed by atoms with Crippen LogP contribution in [0.5, 0.6) is 5.75 Å². The van der Waals surface area contributed by atoms with Gasteiger partial charge in [-0.25, -0.2) is 0 Å². The topological polar surface area (TPSA) is 52.6 Å². The van der Waals surface area contributed by atoms with Gasteiger partial charge in [0.15, 0.2) is 0 Å². The molecule has 120 valence electrons. The molecule has 0 aromatic heterocycles. The Labute approximate surface area is 136 Å². The van der Waals surface area contributed by atoms with Gasteiger partial charge in [-0.3, -0.25) is 4.79 Å². The van der Waals surface area contributed by atoms with Gasteiger partial charge in [-0.2, -0.15) is 0 Å². The highest BCUT2D eigenvalue weighted by atomic mass is 16.3. The molecule has 1 aliphatic heterocycles. The molecule has 4 heteroatoms. The number of carbonyl (C=O) groups excluding carboxylic acids is 1. The van der Waals surface area contributed by atoms with Crippen molar-refractivity contribution in [2.75, 3.05) is 24.5 Å². The molecule has 0 spiro atoms. The normalized spacial score (nSPS) is 13.0. The van der Waals surface area contributed by atoms with Crippen LogP contribution in [0.3, 0.4) is 0 Å². The van der Waals surface area contributed by atoms with E-state index in [0.717, 1.165) is 31.5 Å². The third-order valence-electron chi connectivity index (χ3n) is 4.27. The number of fused-ring (bicyclic) bond motifs is 1. The van der Waals surface area contributed by atoms with E-state index in [-0.39, 0.29) is 11.7 Å². The minimum atomic E-state index is -0.215. The number of carbonyl (C=O) groups is 1. The van der Waals surface area contributed by atoms with Gasteiger partial charge in [0.25, 0.3) is 5.91 Å². The monoisotopic (exact) mass is 310 g/mol. The van der Waals surface area contributed by atoms with Gasteiger partial charge in [-0.05, 0) is 43.5 Å². The van der Waals surface area contributed by atoms with E-state index < -0.39 is 0 Å². The maximum Gasteiger partial charge on any atom is 0.255 e. The van der Waals surface area contributed by atoms with Gasteiger partial charge in [-0.1, -0.05) is 29.8 Å². The van der Waals surface area contributed by atoms with Crippen molar-refractivity contribution in [3.63, 3.8) is 0 Å². The summed E-state index contributed by atoms with van der Waals surface area (Å²) < 4.78 is 0. The van der Waals surface area contributed by atoms with Gasteiger partial charge < -0.3 is 15.3 Å². The second kappa shape index (κ2) is 6.73. The third-order valence-corrected chi connectivity index (χ3v) is 4.27. The SMILES string of the molecule is Cc1ccc(O)c(C(=O)NCCCN2CCc3ccccc32)c1. The molecule has 0 unspecified atom stereocenters. The van der Waals surface area contributed by atoms with Crippen molar-refractivity contribution < 1.29 is 9.90 Å². The van der Waals surface area contributed by atoms with Gasteiger partial charge in [0, 0.05) is 25.3 Å². The van der Waals surface area contributed by atoms with E-state index >= 15 is 0 Å². The number of anilines is 1. The Hall–Kier alpha value is -2.49. The molecular formula is C19H22N2O2. The van der Waals surface area contributed by atoms with Crippen LogP contribution >= 0.6 is 0 Å². The quantitative estimate of drug-likeness (QED) is 0.835. The largest absolute Gasteiger partial charge is 0.507 e. The van der Waals surface area contributed by atoms with E-state index in [9.17, 15) is 9.90 Å². The smallest absolute Gasteiger partial charge is 0.255 e. The van der Waals surface area contributed by atoms with E-state index in [2.05, 4.69) is 34.5 Å². The van der Waals surface area contributed by atoms with Crippen LogP contribution in [0, 0.1) is 6.92 Å². The lowest BCUT2D eigenvalue weighted by molar-refractivity contribution is 0.0950. The van der Waals surface area contributed by atoms with Crippen LogP contribution < -0.4 is 10.2 Å². The molecule has 0 saturated carbocycles. The van der Waals surface area contributed by atoms with E-state index in [4.69, 9.17) is 0 Å². The van der Waals surface area contributed by atoms with Gasteiger partial charge in [0.1, 0.15) is 5.75 Å². The van der Waals surface area contributed by atoms with Crippen LogP contribution in [0.25, 0.3) is 0 Å². The molecule has 4 nitrogen and oxygen atoms in total. The van der Waals surface area contributed by atoms with Crippen LogP contribution in [-0.2, 0) is 6.42 Å². The molecule has 1 aliphatic rings. The van der Waals surface area contributed by atoms with Crippen LogP contribution in [-0.4, -0.2) is 30.6 Å². The second-order valence-electron chi connectivity index (χ2n) is 6.00. The minimum absolute atomic E-state index is 0.0292. The Morgan fingerprint density at radius 3 is 2.96 bits per heavy atom. The number of nitrogens with zero attached hydrogens (tertiary/aromatic N) is 1. The number of phenolic OH excluding ortho intramolecular Hbond substituents is 1. The summed E-state index contributed by atoms with van der Waals surface area (Å²) in [5.74, 6) is -0.186. The molecule has 0 fully saturated rings. The molecular weight excluding hydrogens is 288 g/mol. The minimum Gasteiger partial charge on any atom is -0.507 e. The number of nitrogens with one attached hydrogen (secondary N) is 1. The molecule has 1 heterocycles. The van der Waals surface area contributed by atoms with Gasteiger partial charge in [0.2, 0.25) is 0 Å². The van der Waals surface area contributed by atoms with Crippen LogP contribution in [0.2, 0.25) is 0 Å². The fourth-order valence-corrected chi connectivity index (χ4v) is 3.04. The van der Waals surface area contributed by atoms with E-state index in [0.29, 0.717) is 12.1 Å². The lowest BCUT2D eigenvalue weighted by atomic mass is 10.1. The molecule has 2 N–H and O–H groups in total. The van der Waals surface area contributed by atoms with Crippen molar-refractivity contribution in [3.05, 3.63) is 59.2 Å². The molecule has 3 rings (SSSR count). The summed E-state index contributed by atoms with van der Waals surface area (Å²) in [5, 5.41) is 12.7. The van der Waals surface area contributed by atoms with Crippen molar-refractivity contribution in [2.24, 2.45) is 0 Å².